The summed E-state index contributed by atoms with van der Waals surface area (Å²) in [4.78, 5) is 45.6. The summed E-state index contributed by atoms with van der Waals surface area (Å²) in [6.45, 7) is 0.867. The number of aromatic nitrogens is 8. The van der Waals surface area contributed by atoms with Gasteiger partial charge in [0.15, 0.2) is 28.9 Å². The van der Waals surface area contributed by atoms with Crippen LogP contribution in [0.3, 0.4) is 0 Å². The summed E-state index contributed by atoms with van der Waals surface area (Å²) in [7, 11) is -4.87. The Kier molecular flexibility index (Phi) is 7.22. The number of aliphatic hydroxyl groups is 3. The molecule has 1 saturated carbocycles. The van der Waals surface area contributed by atoms with Gasteiger partial charge in [0.2, 0.25) is 5.95 Å². The minimum absolute atomic E-state index is 0.0341. The normalized spacial score (nSPS) is 31.3. The van der Waals surface area contributed by atoms with Crippen molar-refractivity contribution in [3.8, 4) is 0 Å². The minimum atomic E-state index is -4.87. The molecule has 5 heterocycles. The number of hydrogen-bond donors (Lipinski definition) is 7. The molecule has 2 fully saturated rings. The van der Waals surface area contributed by atoms with Crippen LogP contribution in [0.25, 0.3) is 22.3 Å². The molecule has 20 heteroatoms. The summed E-state index contributed by atoms with van der Waals surface area (Å²) in [6.07, 6.45) is -2.18. The molecule has 6 rings (SSSR count). The Balaban J connectivity index is 1.19. The summed E-state index contributed by atoms with van der Waals surface area (Å²) in [5, 5.41) is 31.4. The van der Waals surface area contributed by atoms with E-state index in [4.69, 9.17) is 25.3 Å². The van der Waals surface area contributed by atoms with Crippen molar-refractivity contribution >= 4 is 41.9 Å². The van der Waals surface area contributed by atoms with Crippen molar-refractivity contribution in [2.24, 2.45) is 11.8 Å². The van der Waals surface area contributed by atoms with Crippen molar-refractivity contribution in [2.45, 2.75) is 50.0 Å². The molecule has 4 aromatic heterocycles. The lowest BCUT2D eigenvalue weighted by atomic mass is 9.98. The minimum Gasteiger partial charge on any atom is -0.394 e. The zero-order valence-electron chi connectivity index (χ0n) is 22.0. The van der Waals surface area contributed by atoms with E-state index in [-0.39, 0.29) is 41.4 Å². The number of nitrogens with one attached hydrogen (secondary N) is 1. The number of H-pyrrole nitrogens is 1. The zero-order valence-corrected chi connectivity index (χ0v) is 22.9. The number of imidazole rings is 2. The summed E-state index contributed by atoms with van der Waals surface area (Å²) in [6, 6.07) is -0.468. The van der Waals surface area contributed by atoms with Crippen LogP contribution in [0.4, 0.5) is 11.8 Å². The van der Waals surface area contributed by atoms with E-state index in [1.165, 1.54) is 23.5 Å². The van der Waals surface area contributed by atoms with Crippen LogP contribution in [0.2, 0.25) is 0 Å². The highest BCUT2D eigenvalue weighted by Gasteiger charge is 2.50. The molecule has 4 aromatic rings. The summed E-state index contributed by atoms with van der Waals surface area (Å²) in [5.74, 6) is -0.753. The molecule has 19 nitrogen and oxygen atoms in total. The fourth-order valence-electron chi connectivity index (χ4n) is 5.61. The van der Waals surface area contributed by atoms with Gasteiger partial charge in [0.1, 0.15) is 30.2 Å². The summed E-state index contributed by atoms with van der Waals surface area (Å²) < 4.78 is 32.4. The van der Waals surface area contributed by atoms with Gasteiger partial charge in [-0.25, -0.2) is 24.5 Å². The number of aromatic amines is 1. The van der Waals surface area contributed by atoms with E-state index in [0.29, 0.717) is 17.6 Å². The van der Waals surface area contributed by atoms with E-state index < -0.39 is 56.7 Å². The molecule has 1 aliphatic carbocycles. The van der Waals surface area contributed by atoms with Crippen LogP contribution in [0.1, 0.15) is 25.6 Å². The second-order valence-corrected chi connectivity index (χ2v) is 11.7. The van der Waals surface area contributed by atoms with Gasteiger partial charge in [0, 0.05) is 0 Å². The van der Waals surface area contributed by atoms with Crippen LogP contribution in [0, 0.1) is 11.8 Å². The number of hydrogen-bond acceptors (Lipinski definition) is 15. The number of fused-ring (bicyclic) bond motifs is 2. The lowest BCUT2D eigenvalue weighted by Crippen LogP contribution is -2.35. The molecule has 2 aliphatic rings. The average molecular weight is 609 g/mol. The van der Waals surface area contributed by atoms with Crippen LogP contribution in [-0.2, 0) is 18.3 Å². The lowest BCUT2D eigenvalue weighted by molar-refractivity contribution is -0.0517. The number of ether oxygens (including phenoxy) is 1. The van der Waals surface area contributed by atoms with Gasteiger partial charge in [-0.1, -0.05) is 6.92 Å². The number of rotatable bonds is 8. The van der Waals surface area contributed by atoms with E-state index in [9.17, 15) is 29.6 Å². The van der Waals surface area contributed by atoms with Crippen LogP contribution < -0.4 is 17.0 Å². The molecule has 9 atom stereocenters. The SMILES string of the molecule is C[C@@H]1[C@@H](COP(=O)(O)O[C@@H]2[C@H](O)[C@@H](CO)O[C@H]2n2cnc3c(=O)[nH]c(N)nc32)C[C@@H](n2cnc3c(N)ncnc32)[C@@H]1O. The van der Waals surface area contributed by atoms with E-state index in [0.717, 1.165) is 0 Å². The number of phosphoric acid groups is 1. The van der Waals surface area contributed by atoms with Crippen molar-refractivity contribution in [3.05, 3.63) is 29.3 Å². The van der Waals surface area contributed by atoms with E-state index in [2.05, 4.69) is 29.9 Å². The van der Waals surface area contributed by atoms with Crippen molar-refractivity contribution in [2.75, 3.05) is 24.7 Å². The third-order valence-corrected chi connectivity index (χ3v) is 8.87. The molecule has 9 N–H and O–H groups in total. The van der Waals surface area contributed by atoms with Gasteiger partial charge in [0.25, 0.3) is 5.56 Å². The van der Waals surface area contributed by atoms with Crippen LogP contribution in [0.15, 0.2) is 23.8 Å². The van der Waals surface area contributed by atoms with Gasteiger partial charge in [-0.05, 0) is 18.3 Å². The van der Waals surface area contributed by atoms with Crippen molar-refractivity contribution in [1.82, 2.24) is 39.0 Å². The fraction of sp³-hybridized carbons (Fsp3) is 0.545. The lowest BCUT2D eigenvalue weighted by Gasteiger charge is -2.25. The van der Waals surface area contributed by atoms with Gasteiger partial charge < -0.3 is 41.0 Å². The highest BCUT2D eigenvalue weighted by atomic mass is 31.2. The predicted molar refractivity (Wildman–Crippen MR) is 142 cm³/mol. The Morgan fingerprint density at radius 2 is 1.86 bits per heavy atom. The molecule has 1 unspecified atom stereocenters. The number of anilines is 2. The zero-order chi connectivity index (χ0) is 29.9. The third kappa shape index (κ3) is 4.82. The maximum atomic E-state index is 13.1. The molecule has 0 spiro atoms. The van der Waals surface area contributed by atoms with E-state index in [1.807, 2.05) is 0 Å². The second kappa shape index (κ2) is 10.6. The summed E-state index contributed by atoms with van der Waals surface area (Å²) >= 11 is 0. The number of phosphoric ester groups is 1. The molecule has 0 amide bonds. The molecule has 0 radical (unpaired) electrons. The van der Waals surface area contributed by atoms with Gasteiger partial charge >= 0.3 is 7.82 Å². The Morgan fingerprint density at radius 1 is 1.12 bits per heavy atom. The Bertz CT molecular complexity index is 1730. The average Bonchev–Trinajstić information content (AvgIpc) is 3.69. The quantitative estimate of drug-likeness (QED) is 0.111. The first-order chi connectivity index (χ1) is 20.0. The summed E-state index contributed by atoms with van der Waals surface area (Å²) in [5.41, 5.74) is 11.6. The fourth-order valence-corrected chi connectivity index (χ4v) is 6.59. The van der Waals surface area contributed by atoms with Crippen molar-refractivity contribution < 1.29 is 38.6 Å². The molecule has 0 aromatic carbocycles. The largest absolute Gasteiger partial charge is 0.472 e. The molecule has 226 valence electrons. The second-order valence-electron chi connectivity index (χ2n) is 10.3. The number of aliphatic hydroxyl groups excluding tert-OH is 3. The Labute approximate surface area is 235 Å². The molecule has 42 heavy (non-hydrogen) atoms. The maximum absolute atomic E-state index is 13.1. The standard InChI is InChI=1S/C22H29N10O9P/c1-8-9(2-10(14(8)34)31-6-27-12-17(23)25-5-26-18(12)31)4-39-42(37,38)41-16-15(35)11(3-33)40-21(16)32-7-28-13-19(32)29-22(24)30-20(13)36/h5-11,14-16,21,33-35H,2-4H2,1H3,(H,37,38)(H2,23,25,26)(H3,24,29,30,36)/t8-,9-,10-,11-,14-,15-,16-,21-/m1/s1. The first kappa shape index (κ1) is 28.6. The predicted octanol–water partition coefficient (Wildman–Crippen LogP) is -1.57. The number of nitrogens with zero attached hydrogens (tertiary/aromatic N) is 7. The van der Waals surface area contributed by atoms with Crippen LogP contribution >= 0.6 is 7.82 Å². The monoisotopic (exact) mass is 608 g/mol. The molecule has 1 saturated heterocycles. The first-order valence-electron chi connectivity index (χ1n) is 12.9. The number of nitrogen functional groups attached to an aromatic ring is 2. The topological polar surface area (TPSA) is 285 Å². The highest BCUT2D eigenvalue weighted by Crippen LogP contribution is 2.51. The molecule has 1 aliphatic heterocycles. The first-order valence-corrected chi connectivity index (χ1v) is 14.4. The molecule has 0 bridgehead atoms. The van der Waals surface area contributed by atoms with Crippen molar-refractivity contribution in [3.63, 3.8) is 0 Å². The molecular formula is C22H29N10O9P. The smallest absolute Gasteiger partial charge is 0.394 e. The Hall–Kier alpha value is -3.55. The van der Waals surface area contributed by atoms with Gasteiger partial charge in [-0.15, -0.1) is 0 Å². The van der Waals surface area contributed by atoms with Crippen molar-refractivity contribution in [1.29, 1.82) is 0 Å². The van der Waals surface area contributed by atoms with Gasteiger partial charge in [-0.2, -0.15) is 4.98 Å². The number of nitrogens with two attached hydrogens (primary N) is 2. The van der Waals surface area contributed by atoms with E-state index >= 15 is 0 Å². The Morgan fingerprint density at radius 3 is 2.62 bits per heavy atom. The molecular weight excluding hydrogens is 579 g/mol. The third-order valence-electron chi connectivity index (χ3n) is 7.89. The maximum Gasteiger partial charge on any atom is 0.472 e. The van der Waals surface area contributed by atoms with Crippen LogP contribution in [0.5, 0.6) is 0 Å². The highest BCUT2D eigenvalue weighted by molar-refractivity contribution is 7.47. The van der Waals surface area contributed by atoms with Gasteiger partial charge in [0.05, 0.1) is 38.0 Å². The van der Waals surface area contributed by atoms with E-state index in [1.54, 1.807) is 11.5 Å². The van der Waals surface area contributed by atoms with Crippen LogP contribution in [-0.4, -0.2) is 96.9 Å². The van der Waals surface area contributed by atoms with Gasteiger partial charge in [-0.3, -0.25) is 23.4 Å².